The second-order valence-electron chi connectivity index (χ2n) is 5.41. The molecule has 1 heterocycles. The van der Waals surface area contributed by atoms with Gasteiger partial charge in [-0.25, -0.2) is 8.42 Å². The van der Waals surface area contributed by atoms with Crippen molar-refractivity contribution in [1.29, 1.82) is 0 Å². The third-order valence-corrected chi connectivity index (χ3v) is 5.95. The van der Waals surface area contributed by atoms with Gasteiger partial charge >= 0.3 is 0 Å². The van der Waals surface area contributed by atoms with Crippen LogP contribution >= 0.6 is 28.3 Å². The van der Waals surface area contributed by atoms with Crippen molar-refractivity contribution in [2.24, 2.45) is 0 Å². The van der Waals surface area contributed by atoms with Gasteiger partial charge in [0.05, 0.1) is 11.4 Å². The van der Waals surface area contributed by atoms with Crippen LogP contribution in [-0.4, -0.2) is 62.8 Å². The standard InChI is InChI=1S/C14H20BrN3O3S.ClH/c1-11-9-18(8-7-16-11)14(19)10-17(2)22(20,21)13-5-3-12(15)4-6-13;/h3-6,11,16H,7-10H2,1-2H3;1H. The molecule has 1 aliphatic heterocycles. The van der Waals surface area contributed by atoms with Crippen LogP contribution in [0.3, 0.4) is 0 Å². The smallest absolute Gasteiger partial charge is 0.243 e. The predicted molar refractivity (Wildman–Crippen MR) is 95.3 cm³/mol. The molecule has 0 radical (unpaired) electrons. The molecule has 1 N–H and O–H groups in total. The van der Waals surface area contributed by atoms with Crippen LogP contribution in [0.2, 0.25) is 0 Å². The Hall–Kier alpha value is -0.670. The fraction of sp³-hybridized carbons (Fsp3) is 0.500. The highest BCUT2D eigenvalue weighted by molar-refractivity contribution is 9.10. The maximum absolute atomic E-state index is 12.5. The molecule has 1 aromatic carbocycles. The van der Waals surface area contributed by atoms with Crippen molar-refractivity contribution in [3.63, 3.8) is 0 Å². The lowest BCUT2D eigenvalue weighted by molar-refractivity contribution is -0.132. The molecule has 1 saturated heterocycles. The molecule has 0 saturated carbocycles. The Balaban J connectivity index is 0.00000264. The number of benzene rings is 1. The number of carbonyl (C=O) groups is 1. The summed E-state index contributed by atoms with van der Waals surface area (Å²) in [5.41, 5.74) is 0. The van der Waals surface area contributed by atoms with Gasteiger partial charge in [-0.3, -0.25) is 4.79 Å². The fourth-order valence-corrected chi connectivity index (χ4v) is 3.71. The van der Waals surface area contributed by atoms with Crippen molar-refractivity contribution < 1.29 is 13.2 Å². The number of sulfonamides is 1. The van der Waals surface area contributed by atoms with E-state index >= 15 is 0 Å². The van der Waals surface area contributed by atoms with Crippen LogP contribution in [0.25, 0.3) is 0 Å². The Morgan fingerprint density at radius 2 is 2.00 bits per heavy atom. The average Bonchev–Trinajstić information content (AvgIpc) is 2.47. The van der Waals surface area contributed by atoms with Gasteiger partial charge in [0.15, 0.2) is 0 Å². The second kappa shape index (κ2) is 8.43. The molecule has 1 atom stereocenters. The van der Waals surface area contributed by atoms with E-state index in [1.807, 2.05) is 6.92 Å². The minimum Gasteiger partial charge on any atom is -0.339 e. The molecular weight excluding hydrogens is 406 g/mol. The van der Waals surface area contributed by atoms with Gasteiger partial charge in [-0.15, -0.1) is 12.4 Å². The first-order valence-corrected chi connectivity index (χ1v) is 9.27. The zero-order valence-electron chi connectivity index (χ0n) is 13.0. The van der Waals surface area contributed by atoms with Crippen molar-refractivity contribution in [3.05, 3.63) is 28.7 Å². The first-order valence-electron chi connectivity index (χ1n) is 7.04. The van der Waals surface area contributed by atoms with Crippen molar-refractivity contribution in [1.82, 2.24) is 14.5 Å². The van der Waals surface area contributed by atoms with Gasteiger partial charge in [0.2, 0.25) is 15.9 Å². The SMILES string of the molecule is CC1CN(C(=O)CN(C)S(=O)(=O)c2ccc(Br)cc2)CCN1.Cl. The van der Waals surface area contributed by atoms with Crippen molar-refractivity contribution in [2.75, 3.05) is 33.2 Å². The fourth-order valence-electron chi connectivity index (χ4n) is 2.32. The number of rotatable bonds is 4. The van der Waals surface area contributed by atoms with Crippen molar-refractivity contribution in [3.8, 4) is 0 Å². The highest BCUT2D eigenvalue weighted by atomic mass is 79.9. The van der Waals surface area contributed by atoms with E-state index in [4.69, 9.17) is 0 Å². The number of nitrogens with zero attached hydrogens (tertiary/aromatic N) is 2. The van der Waals surface area contributed by atoms with Crippen molar-refractivity contribution in [2.45, 2.75) is 17.9 Å². The number of carbonyl (C=O) groups excluding carboxylic acids is 1. The van der Waals surface area contributed by atoms with Gasteiger partial charge in [0.1, 0.15) is 0 Å². The molecule has 1 aliphatic rings. The lowest BCUT2D eigenvalue weighted by Gasteiger charge is -2.32. The van der Waals surface area contributed by atoms with Crippen LogP contribution in [0.4, 0.5) is 0 Å². The van der Waals surface area contributed by atoms with E-state index in [1.165, 1.54) is 19.2 Å². The molecule has 1 fully saturated rings. The Morgan fingerprint density at radius 1 is 1.39 bits per heavy atom. The predicted octanol–water partition coefficient (Wildman–Crippen LogP) is 1.31. The summed E-state index contributed by atoms with van der Waals surface area (Å²) in [5.74, 6) is -0.170. The Morgan fingerprint density at radius 3 is 2.57 bits per heavy atom. The third-order valence-electron chi connectivity index (χ3n) is 3.60. The molecule has 0 aliphatic carbocycles. The van der Waals surface area contributed by atoms with Gasteiger partial charge in [-0.1, -0.05) is 15.9 Å². The zero-order chi connectivity index (χ0) is 16.3. The summed E-state index contributed by atoms with van der Waals surface area (Å²) in [7, 11) is -2.22. The molecule has 0 aromatic heterocycles. The number of hydrogen-bond acceptors (Lipinski definition) is 4. The molecule has 2 rings (SSSR count). The summed E-state index contributed by atoms with van der Waals surface area (Å²) in [6.07, 6.45) is 0. The number of amides is 1. The maximum Gasteiger partial charge on any atom is 0.243 e. The van der Waals surface area contributed by atoms with E-state index in [-0.39, 0.29) is 35.8 Å². The van der Waals surface area contributed by atoms with Gasteiger partial charge in [-0.2, -0.15) is 4.31 Å². The molecule has 0 bridgehead atoms. The lowest BCUT2D eigenvalue weighted by atomic mass is 10.2. The quantitative estimate of drug-likeness (QED) is 0.788. The highest BCUT2D eigenvalue weighted by Crippen LogP contribution is 2.18. The average molecular weight is 427 g/mol. The first-order chi connectivity index (χ1) is 10.3. The normalized spacial score (nSPS) is 18.6. The van der Waals surface area contributed by atoms with Crippen LogP contribution in [0.1, 0.15) is 6.92 Å². The van der Waals surface area contributed by atoms with Gasteiger partial charge in [0.25, 0.3) is 0 Å². The Labute approximate surface area is 151 Å². The van der Waals surface area contributed by atoms with Crippen LogP contribution < -0.4 is 5.32 Å². The van der Waals surface area contributed by atoms with Crippen LogP contribution in [-0.2, 0) is 14.8 Å². The summed E-state index contributed by atoms with van der Waals surface area (Å²) < 4.78 is 26.8. The maximum atomic E-state index is 12.5. The molecular formula is C14H21BrClN3O3S. The number of halogens is 2. The highest BCUT2D eigenvalue weighted by Gasteiger charge is 2.27. The summed E-state index contributed by atoms with van der Waals surface area (Å²) >= 11 is 3.27. The van der Waals surface area contributed by atoms with Crippen molar-refractivity contribution >= 4 is 44.3 Å². The second-order valence-corrected chi connectivity index (χ2v) is 8.37. The molecule has 130 valence electrons. The molecule has 9 heteroatoms. The van der Waals surface area contributed by atoms with E-state index in [1.54, 1.807) is 17.0 Å². The van der Waals surface area contributed by atoms with Gasteiger partial charge in [0, 0.05) is 37.2 Å². The van der Waals surface area contributed by atoms with Crippen LogP contribution in [0.5, 0.6) is 0 Å². The van der Waals surface area contributed by atoms with E-state index in [0.29, 0.717) is 13.1 Å². The van der Waals surface area contributed by atoms with E-state index in [9.17, 15) is 13.2 Å². The number of piperazine rings is 1. The Bertz CT molecular complexity index is 639. The Kier molecular flexibility index (Phi) is 7.47. The molecule has 23 heavy (non-hydrogen) atoms. The largest absolute Gasteiger partial charge is 0.339 e. The van der Waals surface area contributed by atoms with E-state index < -0.39 is 10.0 Å². The molecule has 1 amide bonds. The molecule has 0 spiro atoms. The minimum atomic E-state index is -3.65. The zero-order valence-corrected chi connectivity index (χ0v) is 16.2. The lowest BCUT2D eigenvalue weighted by Crippen LogP contribution is -2.53. The van der Waals surface area contributed by atoms with Gasteiger partial charge in [-0.05, 0) is 31.2 Å². The number of hydrogen-bond donors (Lipinski definition) is 1. The first kappa shape index (κ1) is 20.4. The number of nitrogens with one attached hydrogen (secondary N) is 1. The summed E-state index contributed by atoms with van der Waals surface area (Å²) in [6, 6.07) is 6.60. The van der Waals surface area contributed by atoms with E-state index in [0.717, 1.165) is 15.3 Å². The van der Waals surface area contributed by atoms with E-state index in [2.05, 4.69) is 21.2 Å². The van der Waals surface area contributed by atoms with Crippen LogP contribution in [0.15, 0.2) is 33.6 Å². The third kappa shape index (κ3) is 5.15. The topological polar surface area (TPSA) is 69.7 Å². The minimum absolute atomic E-state index is 0. The molecule has 1 unspecified atom stereocenters. The van der Waals surface area contributed by atoms with Gasteiger partial charge < -0.3 is 10.2 Å². The molecule has 1 aromatic rings. The molecule has 6 nitrogen and oxygen atoms in total. The summed E-state index contributed by atoms with van der Waals surface area (Å²) in [4.78, 5) is 14.2. The summed E-state index contributed by atoms with van der Waals surface area (Å²) in [6.45, 7) is 3.79. The summed E-state index contributed by atoms with van der Waals surface area (Å²) in [5, 5.41) is 3.25. The van der Waals surface area contributed by atoms with Crippen LogP contribution in [0, 0.1) is 0 Å². The number of likely N-dealkylation sites (N-methyl/N-ethyl adjacent to an activating group) is 1. The monoisotopic (exact) mass is 425 g/mol.